The van der Waals surface area contributed by atoms with Crippen LogP contribution in [0.5, 0.6) is 0 Å². The van der Waals surface area contributed by atoms with Crippen molar-refractivity contribution >= 4 is 17.6 Å². The Bertz CT molecular complexity index is 599. The van der Waals surface area contributed by atoms with Gasteiger partial charge in [0, 0.05) is 50.8 Å². The van der Waals surface area contributed by atoms with Gasteiger partial charge in [0.25, 0.3) is 0 Å². The maximum atomic E-state index is 12.6. The number of carbonyl (C=O) groups is 1. The van der Waals surface area contributed by atoms with Crippen LogP contribution >= 0.6 is 0 Å². The quantitative estimate of drug-likeness (QED) is 0.479. The standard InChI is InChI=1S/C18H30N6O/c1-14(2)24-16(25)12-23(13-18(24,3)4)17(19-5)22-11-10-21-15-6-8-20-9-7-15/h6-9,14H,10-13H2,1-5H3,(H,19,22)(H,20,21). The fourth-order valence-corrected chi connectivity index (χ4v) is 3.50. The number of anilines is 1. The molecule has 1 saturated heterocycles. The predicted octanol–water partition coefficient (Wildman–Crippen LogP) is 1.40. The minimum atomic E-state index is -0.226. The van der Waals surface area contributed by atoms with E-state index in [1.54, 1.807) is 19.4 Å². The number of nitrogens with zero attached hydrogens (tertiary/aromatic N) is 4. The molecule has 1 fully saturated rings. The van der Waals surface area contributed by atoms with E-state index >= 15 is 0 Å². The van der Waals surface area contributed by atoms with Gasteiger partial charge in [-0.25, -0.2) is 0 Å². The number of aromatic nitrogens is 1. The van der Waals surface area contributed by atoms with Crippen LogP contribution in [0.25, 0.3) is 0 Å². The summed E-state index contributed by atoms with van der Waals surface area (Å²) in [7, 11) is 1.75. The number of aliphatic imine (C=N–C) groups is 1. The van der Waals surface area contributed by atoms with Crippen molar-refractivity contribution in [3.8, 4) is 0 Å². The number of nitrogens with one attached hydrogen (secondary N) is 2. The van der Waals surface area contributed by atoms with Gasteiger partial charge in [0.15, 0.2) is 5.96 Å². The molecule has 1 aliphatic heterocycles. The number of guanidine groups is 1. The molecule has 0 aliphatic carbocycles. The second kappa shape index (κ2) is 8.18. The van der Waals surface area contributed by atoms with Crippen LogP contribution in [0.15, 0.2) is 29.5 Å². The number of piperazine rings is 1. The summed E-state index contributed by atoms with van der Waals surface area (Å²) in [4.78, 5) is 24.9. The van der Waals surface area contributed by atoms with E-state index in [0.717, 1.165) is 24.7 Å². The Labute approximate surface area is 150 Å². The van der Waals surface area contributed by atoms with E-state index in [1.807, 2.05) is 21.9 Å². The summed E-state index contributed by atoms with van der Waals surface area (Å²) < 4.78 is 0. The second-order valence-corrected chi connectivity index (χ2v) is 7.16. The van der Waals surface area contributed by atoms with Crippen LogP contribution in [-0.4, -0.2) is 71.5 Å². The SMILES string of the molecule is CN=C(NCCNc1ccncc1)N1CC(=O)N(C(C)C)C(C)(C)C1. The molecule has 25 heavy (non-hydrogen) atoms. The average molecular weight is 346 g/mol. The summed E-state index contributed by atoms with van der Waals surface area (Å²) in [5.41, 5.74) is 0.810. The first kappa shape index (κ1) is 19.0. The Morgan fingerprint density at radius 2 is 2.00 bits per heavy atom. The highest BCUT2D eigenvalue weighted by molar-refractivity contribution is 5.88. The molecule has 0 aromatic carbocycles. The maximum absolute atomic E-state index is 12.6. The highest BCUT2D eigenvalue weighted by atomic mass is 16.2. The molecule has 0 spiro atoms. The summed E-state index contributed by atoms with van der Waals surface area (Å²) in [6.07, 6.45) is 3.52. The van der Waals surface area contributed by atoms with E-state index in [4.69, 9.17) is 0 Å². The summed E-state index contributed by atoms with van der Waals surface area (Å²) in [6, 6.07) is 4.06. The number of amides is 1. The predicted molar refractivity (Wildman–Crippen MR) is 102 cm³/mol. The number of rotatable bonds is 5. The first-order valence-electron chi connectivity index (χ1n) is 8.77. The van der Waals surface area contributed by atoms with Crippen LogP contribution in [-0.2, 0) is 4.79 Å². The van der Waals surface area contributed by atoms with Crippen molar-refractivity contribution in [3.05, 3.63) is 24.5 Å². The van der Waals surface area contributed by atoms with Crippen LogP contribution < -0.4 is 10.6 Å². The van der Waals surface area contributed by atoms with Crippen molar-refractivity contribution in [2.75, 3.05) is 38.5 Å². The highest BCUT2D eigenvalue weighted by Gasteiger charge is 2.40. The first-order valence-corrected chi connectivity index (χ1v) is 8.77. The van der Waals surface area contributed by atoms with Crippen molar-refractivity contribution < 1.29 is 4.79 Å². The third-order valence-electron chi connectivity index (χ3n) is 4.27. The molecule has 0 bridgehead atoms. The van der Waals surface area contributed by atoms with Gasteiger partial charge < -0.3 is 20.4 Å². The second-order valence-electron chi connectivity index (χ2n) is 7.16. The van der Waals surface area contributed by atoms with Crippen molar-refractivity contribution in [1.29, 1.82) is 0 Å². The molecular formula is C18H30N6O. The molecular weight excluding hydrogens is 316 g/mol. The summed E-state index contributed by atoms with van der Waals surface area (Å²) in [6.45, 7) is 10.9. The molecule has 1 aromatic rings. The molecule has 138 valence electrons. The Kier molecular flexibility index (Phi) is 6.22. The molecule has 1 amide bonds. The normalized spacial score (nSPS) is 17.8. The zero-order valence-corrected chi connectivity index (χ0v) is 15.9. The van der Waals surface area contributed by atoms with Gasteiger partial charge in [-0.3, -0.25) is 14.8 Å². The lowest BCUT2D eigenvalue weighted by molar-refractivity contribution is -0.145. The average Bonchev–Trinajstić information content (AvgIpc) is 2.54. The third kappa shape index (κ3) is 4.84. The summed E-state index contributed by atoms with van der Waals surface area (Å²) >= 11 is 0. The smallest absolute Gasteiger partial charge is 0.242 e. The van der Waals surface area contributed by atoms with Gasteiger partial charge in [0.1, 0.15) is 0 Å². The summed E-state index contributed by atoms with van der Waals surface area (Å²) in [5.74, 6) is 0.908. The van der Waals surface area contributed by atoms with Gasteiger partial charge in [-0.15, -0.1) is 0 Å². The maximum Gasteiger partial charge on any atom is 0.242 e. The van der Waals surface area contributed by atoms with Crippen molar-refractivity contribution in [1.82, 2.24) is 20.1 Å². The van der Waals surface area contributed by atoms with Gasteiger partial charge in [0.2, 0.25) is 5.91 Å². The van der Waals surface area contributed by atoms with Gasteiger partial charge >= 0.3 is 0 Å². The Morgan fingerprint density at radius 3 is 2.56 bits per heavy atom. The minimum Gasteiger partial charge on any atom is -0.383 e. The highest BCUT2D eigenvalue weighted by Crippen LogP contribution is 2.24. The van der Waals surface area contributed by atoms with Gasteiger partial charge in [-0.05, 0) is 39.8 Å². The third-order valence-corrected chi connectivity index (χ3v) is 4.27. The molecule has 1 aliphatic rings. The Balaban J connectivity index is 1.89. The molecule has 2 heterocycles. The van der Waals surface area contributed by atoms with Crippen LogP contribution in [0.1, 0.15) is 27.7 Å². The molecule has 7 nitrogen and oxygen atoms in total. The lowest BCUT2D eigenvalue weighted by Gasteiger charge is -2.49. The fraction of sp³-hybridized carbons (Fsp3) is 0.611. The van der Waals surface area contributed by atoms with E-state index in [-0.39, 0.29) is 17.5 Å². The zero-order valence-electron chi connectivity index (χ0n) is 15.9. The molecule has 0 atom stereocenters. The van der Waals surface area contributed by atoms with E-state index in [0.29, 0.717) is 13.1 Å². The molecule has 2 rings (SSSR count). The number of pyridine rings is 1. The van der Waals surface area contributed by atoms with Gasteiger partial charge in [-0.2, -0.15) is 0 Å². The lowest BCUT2D eigenvalue weighted by Crippen LogP contribution is -2.66. The topological polar surface area (TPSA) is 72.9 Å². The molecule has 7 heteroatoms. The molecule has 2 N–H and O–H groups in total. The van der Waals surface area contributed by atoms with E-state index in [9.17, 15) is 4.79 Å². The largest absolute Gasteiger partial charge is 0.383 e. The van der Waals surface area contributed by atoms with E-state index < -0.39 is 0 Å². The van der Waals surface area contributed by atoms with Gasteiger partial charge in [-0.1, -0.05) is 0 Å². The Morgan fingerprint density at radius 1 is 1.32 bits per heavy atom. The first-order chi connectivity index (χ1) is 11.8. The van der Waals surface area contributed by atoms with Crippen LogP contribution in [0, 0.1) is 0 Å². The van der Waals surface area contributed by atoms with E-state index in [2.05, 4.69) is 48.3 Å². The lowest BCUT2D eigenvalue weighted by atomic mass is 9.96. The van der Waals surface area contributed by atoms with Crippen LogP contribution in [0.3, 0.4) is 0 Å². The van der Waals surface area contributed by atoms with Crippen LogP contribution in [0.2, 0.25) is 0 Å². The minimum absolute atomic E-state index is 0.143. The monoisotopic (exact) mass is 346 g/mol. The van der Waals surface area contributed by atoms with Crippen molar-refractivity contribution in [2.45, 2.75) is 39.3 Å². The van der Waals surface area contributed by atoms with Crippen molar-refractivity contribution in [3.63, 3.8) is 0 Å². The molecule has 1 aromatic heterocycles. The van der Waals surface area contributed by atoms with Crippen LogP contribution in [0.4, 0.5) is 5.69 Å². The molecule has 0 saturated carbocycles. The summed E-state index contributed by atoms with van der Waals surface area (Å²) in [5, 5.41) is 6.66. The number of hydrogen-bond acceptors (Lipinski definition) is 4. The van der Waals surface area contributed by atoms with E-state index in [1.165, 1.54) is 0 Å². The molecule has 0 unspecified atom stereocenters. The number of hydrogen-bond donors (Lipinski definition) is 2. The van der Waals surface area contributed by atoms with Gasteiger partial charge in [0.05, 0.1) is 12.1 Å². The Hall–Kier alpha value is -2.31. The fourth-order valence-electron chi connectivity index (χ4n) is 3.50. The van der Waals surface area contributed by atoms with Crippen molar-refractivity contribution in [2.24, 2.45) is 4.99 Å². The molecule has 0 radical (unpaired) electrons. The zero-order chi connectivity index (χ0) is 18.4. The number of carbonyl (C=O) groups excluding carboxylic acids is 1.